The number of aromatic nitrogens is 2. The van der Waals surface area contributed by atoms with Crippen molar-refractivity contribution in [1.29, 1.82) is 0 Å². The van der Waals surface area contributed by atoms with E-state index >= 15 is 0 Å². The molecule has 1 aromatic carbocycles. The number of benzene rings is 1. The van der Waals surface area contributed by atoms with Gasteiger partial charge in [0.25, 0.3) is 0 Å². The number of nitrogen functional groups attached to an aromatic ring is 1. The fourth-order valence-electron chi connectivity index (χ4n) is 1.60. The SMILES string of the molecule is Cc1cc(C)nc(SCc2ccc(Cl)cc2N)n1. The number of thioether (sulfide) groups is 1. The third-order valence-electron chi connectivity index (χ3n) is 2.43. The van der Waals surface area contributed by atoms with E-state index in [9.17, 15) is 0 Å². The first-order valence-electron chi connectivity index (χ1n) is 5.53. The minimum Gasteiger partial charge on any atom is -0.398 e. The van der Waals surface area contributed by atoms with Gasteiger partial charge in [0.2, 0.25) is 0 Å². The molecule has 1 heterocycles. The Morgan fingerprint density at radius 2 is 1.83 bits per heavy atom. The van der Waals surface area contributed by atoms with Crippen LogP contribution in [-0.4, -0.2) is 9.97 Å². The van der Waals surface area contributed by atoms with Gasteiger partial charge in [-0.3, -0.25) is 0 Å². The van der Waals surface area contributed by atoms with E-state index in [1.165, 1.54) is 0 Å². The van der Waals surface area contributed by atoms with Crippen molar-refractivity contribution >= 4 is 29.1 Å². The molecule has 0 radical (unpaired) electrons. The average molecular weight is 280 g/mol. The van der Waals surface area contributed by atoms with Gasteiger partial charge in [0.1, 0.15) is 0 Å². The predicted octanol–water partition coefficient (Wildman–Crippen LogP) is 3.62. The van der Waals surface area contributed by atoms with E-state index in [1.807, 2.05) is 32.0 Å². The standard InChI is InChI=1S/C13H14ClN3S/c1-8-5-9(2)17-13(16-8)18-7-10-3-4-11(14)6-12(10)15/h3-6H,7,15H2,1-2H3. The number of hydrogen-bond donors (Lipinski definition) is 1. The average Bonchev–Trinajstić information content (AvgIpc) is 2.26. The molecule has 1 aromatic heterocycles. The number of halogens is 1. The molecular formula is C13H14ClN3S. The summed E-state index contributed by atoms with van der Waals surface area (Å²) in [5, 5.41) is 1.44. The van der Waals surface area contributed by atoms with E-state index < -0.39 is 0 Å². The van der Waals surface area contributed by atoms with Gasteiger partial charge in [0, 0.05) is 27.9 Å². The van der Waals surface area contributed by atoms with Crippen molar-refractivity contribution in [3.05, 3.63) is 46.2 Å². The van der Waals surface area contributed by atoms with Crippen LogP contribution in [0.1, 0.15) is 17.0 Å². The summed E-state index contributed by atoms with van der Waals surface area (Å²) in [6, 6.07) is 7.50. The second kappa shape index (κ2) is 5.59. The van der Waals surface area contributed by atoms with E-state index in [1.54, 1.807) is 17.8 Å². The van der Waals surface area contributed by atoms with Crippen molar-refractivity contribution in [2.75, 3.05) is 5.73 Å². The zero-order chi connectivity index (χ0) is 13.1. The van der Waals surface area contributed by atoms with Crippen LogP contribution < -0.4 is 5.73 Å². The molecule has 2 rings (SSSR count). The summed E-state index contributed by atoms with van der Waals surface area (Å²) in [7, 11) is 0. The Labute approximate surface area is 116 Å². The molecule has 0 spiro atoms. The van der Waals surface area contributed by atoms with Gasteiger partial charge in [0.05, 0.1) is 0 Å². The van der Waals surface area contributed by atoms with Gasteiger partial charge < -0.3 is 5.73 Å². The van der Waals surface area contributed by atoms with E-state index in [2.05, 4.69) is 9.97 Å². The lowest BCUT2D eigenvalue weighted by molar-refractivity contribution is 0.902. The summed E-state index contributed by atoms with van der Waals surface area (Å²) in [6.07, 6.45) is 0. The van der Waals surface area contributed by atoms with Gasteiger partial charge in [-0.25, -0.2) is 9.97 Å². The van der Waals surface area contributed by atoms with Gasteiger partial charge in [-0.15, -0.1) is 0 Å². The van der Waals surface area contributed by atoms with Crippen molar-refractivity contribution in [3.8, 4) is 0 Å². The van der Waals surface area contributed by atoms with Gasteiger partial charge >= 0.3 is 0 Å². The highest BCUT2D eigenvalue weighted by Gasteiger charge is 2.04. The Bertz CT molecular complexity index is 552. The molecule has 5 heteroatoms. The van der Waals surface area contributed by atoms with Crippen LogP contribution in [0.15, 0.2) is 29.4 Å². The van der Waals surface area contributed by atoms with Crippen molar-refractivity contribution in [2.24, 2.45) is 0 Å². The molecule has 0 aliphatic rings. The van der Waals surface area contributed by atoms with Crippen molar-refractivity contribution in [3.63, 3.8) is 0 Å². The minimum atomic E-state index is 0.656. The van der Waals surface area contributed by atoms with Gasteiger partial charge in [0.15, 0.2) is 5.16 Å². The Balaban J connectivity index is 2.11. The van der Waals surface area contributed by atoms with E-state index in [-0.39, 0.29) is 0 Å². The highest BCUT2D eigenvalue weighted by Crippen LogP contribution is 2.25. The Morgan fingerprint density at radius 1 is 1.17 bits per heavy atom. The lowest BCUT2D eigenvalue weighted by Crippen LogP contribution is -1.95. The van der Waals surface area contributed by atoms with Crippen LogP contribution in [0.2, 0.25) is 5.02 Å². The summed E-state index contributed by atoms with van der Waals surface area (Å²) in [4.78, 5) is 8.76. The van der Waals surface area contributed by atoms with Crippen molar-refractivity contribution < 1.29 is 0 Å². The third kappa shape index (κ3) is 3.37. The topological polar surface area (TPSA) is 51.8 Å². The number of nitrogens with zero attached hydrogens (tertiary/aromatic N) is 2. The van der Waals surface area contributed by atoms with Crippen molar-refractivity contribution in [2.45, 2.75) is 24.8 Å². The fraction of sp³-hybridized carbons (Fsp3) is 0.231. The largest absolute Gasteiger partial charge is 0.398 e. The number of hydrogen-bond acceptors (Lipinski definition) is 4. The second-order valence-electron chi connectivity index (χ2n) is 4.07. The molecular weight excluding hydrogens is 266 g/mol. The molecule has 0 aliphatic carbocycles. The number of anilines is 1. The highest BCUT2D eigenvalue weighted by molar-refractivity contribution is 7.98. The quantitative estimate of drug-likeness (QED) is 0.530. The summed E-state index contributed by atoms with van der Waals surface area (Å²) >= 11 is 7.44. The van der Waals surface area contributed by atoms with Crippen molar-refractivity contribution in [1.82, 2.24) is 9.97 Å². The molecule has 0 atom stereocenters. The molecule has 2 aromatic rings. The third-order valence-corrected chi connectivity index (χ3v) is 3.56. The normalized spacial score (nSPS) is 10.6. The molecule has 18 heavy (non-hydrogen) atoms. The maximum Gasteiger partial charge on any atom is 0.188 e. The van der Waals surface area contributed by atoms with Crippen LogP contribution in [0.5, 0.6) is 0 Å². The molecule has 0 bridgehead atoms. The molecule has 0 saturated carbocycles. The first kappa shape index (κ1) is 13.2. The Hall–Kier alpha value is -1.26. The summed E-state index contributed by atoms with van der Waals surface area (Å²) in [6.45, 7) is 3.94. The fourth-order valence-corrected chi connectivity index (χ4v) is 2.74. The van der Waals surface area contributed by atoms with E-state index in [0.29, 0.717) is 10.7 Å². The maximum atomic E-state index is 5.91. The number of aryl methyl sites for hydroxylation is 2. The van der Waals surface area contributed by atoms with Gasteiger partial charge in [-0.2, -0.15) is 0 Å². The molecule has 0 amide bonds. The first-order valence-corrected chi connectivity index (χ1v) is 6.90. The predicted molar refractivity (Wildman–Crippen MR) is 76.9 cm³/mol. The van der Waals surface area contributed by atoms with Gasteiger partial charge in [-0.05, 0) is 37.6 Å². The van der Waals surface area contributed by atoms with E-state index in [0.717, 1.165) is 27.9 Å². The number of nitrogens with two attached hydrogens (primary N) is 1. The molecule has 3 nitrogen and oxygen atoms in total. The Kier molecular flexibility index (Phi) is 4.09. The minimum absolute atomic E-state index is 0.656. The monoisotopic (exact) mass is 279 g/mol. The highest BCUT2D eigenvalue weighted by atomic mass is 35.5. The zero-order valence-electron chi connectivity index (χ0n) is 10.3. The maximum absolute atomic E-state index is 5.91. The molecule has 2 N–H and O–H groups in total. The first-order chi connectivity index (χ1) is 8.54. The summed E-state index contributed by atoms with van der Waals surface area (Å²) < 4.78 is 0. The van der Waals surface area contributed by atoms with Crippen LogP contribution in [0.3, 0.4) is 0 Å². The lowest BCUT2D eigenvalue weighted by Gasteiger charge is -2.06. The summed E-state index contributed by atoms with van der Waals surface area (Å²) in [5.74, 6) is 0.742. The summed E-state index contributed by atoms with van der Waals surface area (Å²) in [5.41, 5.74) is 9.62. The van der Waals surface area contributed by atoms with Crippen LogP contribution in [0.4, 0.5) is 5.69 Å². The molecule has 0 aliphatic heterocycles. The smallest absolute Gasteiger partial charge is 0.188 e. The second-order valence-corrected chi connectivity index (χ2v) is 5.44. The van der Waals surface area contributed by atoms with Crippen LogP contribution in [0.25, 0.3) is 0 Å². The molecule has 0 fully saturated rings. The molecule has 0 unspecified atom stereocenters. The lowest BCUT2D eigenvalue weighted by atomic mass is 10.2. The zero-order valence-corrected chi connectivity index (χ0v) is 11.8. The molecule has 0 saturated heterocycles. The van der Waals surface area contributed by atoms with Crippen LogP contribution >= 0.6 is 23.4 Å². The Morgan fingerprint density at radius 3 is 2.44 bits per heavy atom. The van der Waals surface area contributed by atoms with E-state index in [4.69, 9.17) is 17.3 Å². The van der Waals surface area contributed by atoms with Crippen LogP contribution in [-0.2, 0) is 5.75 Å². The van der Waals surface area contributed by atoms with Gasteiger partial charge in [-0.1, -0.05) is 29.4 Å². The van der Waals surface area contributed by atoms with Crippen LogP contribution in [0, 0.1) is 13.8 Å². The number of rotatable bonds is 3. The molecule has 94 valence electrons.